The van der Waals surface area contributed by atoms with Gasteiger partial charge in [-0.2, -0.15) is 0 Å². The quantitative estimate of drug-likeness (QED) is 0.465. The van der Waals surface area contributed by atoms with Crippen LogP contribution in [0.15, 0.2) is 53.6 Å². The number of aromatic nitrogens is 1. The number of nitrogens with zero attached hydrogens (tertiary/aromatic N) is 1. The van der Waals surface area contributed by atoms with Gasteiger partial charge in [0, 0.05) is 16.8 Å². The molecule has 0 aliphatic rings. The molecule has 0 saturated heterocycles. The Kier molecular flexibility index (Phi) is 6.73. The molecule has 3 rings (SSSR count). The van der Waals surface area contributed by atoms with E-state index in [0.717, 1.165) is 6.20 Å². The van der Waals surface area contributed by atoms with Crippen LogP contribution in [0.2, 0.25) is 10.0 Å². The lowest BCUT2D eigenvalue weighted by atomic mass is 10.00. The Morgan fingerprint density at radius 3 is 2.41 bits per heavy atom. The van der Waals surface area contributed by atoms with Gasteiger partial charge < -0.3 is 9.84 Å². The first-order valence-corrected chi connectivity index (χ1v) is 11.2. The molecule has 0 aliphatic carbocycles. The van der Waals surface area contributed by atoms with Crippen molar-refractivity contribution in [2.45, 2.75) is 11.8 Å². The summed E-state index contributed by atoms with van der Waals surface area (Å²) in [7, 11) is -2.79. The summed E-state index contributed by atoms with van der Waals surface area (Å²) in [5.41, 5.74) is -0.532. The number of aromatic carboxylic acids is 1. The van der Waals surface area contributed by atoms with Gasteiger partial charge in [0.1, 0.15) is 11.4 Å². The summed E-state index contributed by atoms with van der Waals surface area (Å²) in [6.07, 6.45) is 1.15. The van der Waals surface area contributed by atoms with Crippen LogP contribution >= 0.6 is 23.2 Å². The number of carbonyl (C=O) groups excluding carboxylic acids is 1. The number of ketones is 1. The molecule has 2 aromatic carbocycles. The number of carboxylic acids is 1. The maximum Gasteiger partial charge on any atom is 0.336 e. The lowest BCUT2D eigenvalue weighted by molar-refractivity contribution is 0.0692. The van der Waals surface area contributed by atoms with Crippen molar-refractivity contribution in [3.63, 3.8) is 0 Å². The van der Waals surface area contributed by atoms with Crippen LogP contribution in [0.5, 0.6) is 5.75 Å². The summed E-state index contributed by atoms with van der Waals surface area (Å²) in [6.45, 7) is 1.65. The number of hydrogen-bond acceptors (Lipinski definition) is 6. The first-order chi connectivity index (χ1) is 15.0. The van der Waals surface area contributed by atoms with Gasteiger partial charge in [0.15, 0.2) is 0 Å². The van der Waals surface area contributed by atoms with Crippen molar-refractivity contribution in [3.8, 4) is 5.75 Å². The van der Waals surface area contributed by atoms with E-state index in [1.807, 2.05) is 0 Å². The van der Waals surface area contributed by atoms with Crippen LogP contribution in [0.3, 0.4) is 0 Å². The van der Waals surface area contributed by atoms with Gasteiger partial charge >= 0.3 is 5.97 Å². The molecule has 0 bridgehead atoms. The molecule has 0 fully saturated rings. The number of benzene rings is 2. The molecule has 3 aromatic rings. The summed E-state index contributed by atoms with van der Waals surface area (Å²) in [6, 6.07) is 9.16. The number of carboxylic acid groups (broad SMARTS) is 1. The predicted octanol–water partition coefficient (Wildman–Crippen LogP) is 4.44. The lowest BCUT2D eigenvalue weighted by Crippen LogP contribution is -2.18. The van der Waals surface area contributed by atoms with Gasteiger partial charge in [-0.05, 0) is 55.0 Å². The Morgan fingerprint density at radius 1 is 1.06 bits per heavy atom. The van der Waals surface area contributed by atoms with Gasteiger partial charge in [0.05, 0.1) is 28.3 Å². The monoisotopic (exact) mass is 494 g/mol. The first-order valence-electron chi connectivity index (χ1n) is 8.94. The van der Waals surface area contributed by atoms with Crippen LogP contribution in [0.25, 0.3) is 0 Å². The fourth-order valence-corrected chi connectivity index (χ4v) is 4.26. The standard InChI is InChI=1S/C21H16Cl2N2O6S/c1-11-7-14(4-6-17(11)23)32(29,30)25-18-8-12(22)10-24-19(18)20(26)16-9-13(31-2)3-5-15(16)21(27)28/h3-10,25H,1-2H3,(H,27,28). The third kappa shape index (κ3) is 4.85. The summed E-state index contributed by atoms with van der Waals surface area (Å²) < 4.78 is 33.2. The number of aryl methyl sites for hydroxylation is 1. The number of sulfonamides is 1. The number of hydrogen-bond donors (Lipinski definition) is 2. The Bertz CT molecular complexity index is 1340. The third-order valence-corrected chi connectivity index (χ3v) is 6.45. The van der Waals surface area contributed by atoms with Crippen molar-refractivity contribution in [3.05, 3.63) is 81.1 Å². The zero-order chi connectivity index (χ0) is 23.6. The molecule has 0 spiro atoms. The molecule has 8 nitrogen and oxygen atoms in total. The summed E-state index contributed by atoms with van der Waals surface area (Å²) >= 11 is 11.9. The SMILES string of the molecule is COc1ccc(C(=O)O)c(C(=O)c2ncc(Cl)cc2NS(=O)(=O)c2ccc(Cl)c(C)c2)c1. The molecule has 32 heavy (non-hydrogen) atoms. The molecule has 1 aromatic heterocycles. The molecule has 2 N–H and O–H groups in total. The van der Waals surface area contributed by atoms with E-state index in [1.54, 1.807) is 6.92 Å². The fraction of sp³-hybridized carbons (Fsp3) is 0.0952. The Hall–Kier alpha value is -3.14. The van der Waals surface area contributed by atoms with Crippen molar-refractivity contribution in [1.82, 2.24) is 4.98 Å². The minimum atomic E-state index is -4.15. The Balaban J connectivity index is 2.10. The normalized spacial score (nSPS) is 11.1. The maximum absolute atomic E-state index is 13.2. The van der Waals surface area contributed by atoms with E-state index in [0.29, 0.717) is 10.6 Å². The lowest BCUT2D eigenvalue weighted by Gasteiger charge is -2.14. The van der Waals surface area contributed by atoms with E-state index in [1.165, 1.54) is 49.6 Å². The Labute approximate surface area is 193 Å². The largest absolute Gasteiger partial charge is 0.497 e. The van der Waals surface area contributed by atoms with E-state index < -0.39 is 21.8 Å². The molecular formula is C21H16Cl2N2O6S. The first kappa shape index (κ1) is 23.5. The summed E-state index contributed by atoms with van der Waals surface area (Å²) in [5, 5.41) is 9.92. The average Bonchev–Trinajstić information content (AvgIpc) is 2.74. The van der Waals surface area contributed by atoms with Crippen LogP contribution < -0.4 is 9.46 Å². The predicted molar refractivity (Wildman–Crippen MR) is 120 cm³/mol. The molecule has 0 atom stereocenters. The molecule has 0 saturated carbocycles. The summed E-state index contributed by atoms with van der Waals surface area (Å²) in [4.78, 5) is 28.7. The zero-order valence-electron chi connectivity index (χ0n) is 16.7. The third-order valence-electron chi connectivity index (χ3n) is 4.46. The minimum Gasteiger partial charge on any atom is -0.497 e. The molecule has 0 radical (unpaired) electrons. The van der Waals surface area contributed by atoms with Gasteiger partial charge in [-0.15, -0.1) is 0 Å². The van der Waals surface area contributed by atoms with Crippen molar-refractivity contribution in [1.29, 1.82) is 0 Å². The summed E-state index contributed by atoms with van der Waals surface area (Å²) in [5.74, 6) is -1.93. The topological polar surface area (TPSA) is 123 Å². The number of anilines is 1. The van der Waals surface area contributed by atoms with Gasteiger partial charge in [-0.25, -0.2) is 18.2 Å². The van der Waals surface area contributed by atoms with Gasteiger partial charge in [0.25, 0.3) is 10.0 Å². The molecule has 1 heterocycles. The Morgan fingerprint density at radius 2 is 1.78 bits per heavy atom. The second-order valence-electron chi connectivity index (χ2n) is 6.61. The van der Waals surface area contributed by atoms with E-state index >= 15 is 0 Å². The molecule has 166 valence electrons. The van der Waals surface area contributed by atoms with Crippen LogP contribution in [0, 0.1) is 6.92 Å². The highest BCUT2D eigenvalue weighted by Crippen LogP contribution is 2.28. The highest BCUT2D eigenvalue weighted by atomic mass is 35.5. The molecule has 0 unspecified atom stereocenters. The smallest absolute Gasteiger partial charge is 0.336 e. The minimum absolute atomic E-state index is 0.0654. The second-order valence-corrected chi connectivity index (χ2v) is 9.14. The van der Waals surface area contributed by atoms with Crippen LogP contribution in [-0.2, 0) is 10.0 Å². The maximum atomic E-state index is 13.2. The van der Waals surface area contributed by atoms with Crippen molar-refractivity contribution in [2.75, 3.05) is 11.8 Å². The number of carbonyl (C=O) groups is 2. The number of methoxy groups -OCH3 is 1. The number of halogens is 2. The number of rotatable bonds is 7. The van der Waals surface area contributed by atoms with Crippen molar-refractivity contribution < 1.29 is 27.9 Å². The van der Waals surface area contributed by atoms with Crippen molar-refractivity contribution in [2.24, 2.45) is 0 Å². The second kappa shape index (κ2) is 9.15. The molecular weight excluding hydrogens is 479 g/mol. The van der Waals surface area contributed by atoms with Gasteiger partial charge in [-0.3, -0.25) is 9.52 Å². The highest BCUT2D eigenvalue weighted by molar-refractivity contribution is 7.92. The number of ether oxygens (including phenoxy) is 1. The fourth-order valence-electron chi connectivity index (χ4n) is 2.84. The highest BCUT2D eigenvalue weighted by Gasteiger charge is 2.25. The molecule has 0 aliphatic heterocycles. The van der Waals surface area contributed by atoms with E-state index in [2.05, 4.69) is 9.71 Å². The van der Waals surface area contributed by atoms with Crippen LogP contribution in [0.1, 0.15) is 32.0 Å². The van der Waals surface area contributed by atoms with E-state index in [4.69, 9.17) is 27.9 Å². The van der Waals surface area contributed by atoms with Crippen LogP contribution in [-0.4, -0.2) is 37.4 Å². The zero-order valence-corrected chi connectivity index (χ0v) is 19.0. The van der Waals surface area contributed by atoms with E-state index in [9.17, 15) is 23.1 Å². The van der Waals surface area contributed by atoms with Gasteiger partial charge in [0.2, 0.25) is 5.78 Å². The van der Waals surface area contributed by atoms with Crippen LogP contribution in [0.4, 0.5) is 5.69 Å². The average molecular weight is 495 g/mol. The number of pyridine rings is 1. The number of nitrogens with one attached hydrogen (secondary N) is 1. The van der Waals surface area contributed by atoms with E-state index in [-0.39, 0.29) is 38.2 Å². The molecule has 11 heteroatoms. The molecule has 0 amide bonds. The van der Waals surface area contributed by atoms with Gasteiger partial charge in [-0.1, -0.05) is 23.2 Å². The van der Waals surface area contributed by atoms with Crippen molar-refractivity contribution >= 4 is 50.7 Å².